The predicted octanol–water partition coefficient (Wildman–Crippen LogP) is 0.687. The van der Waals surface area contributed by atoms with Crippen LogP contribution in [-0.4, -0.2) is 64.2 Å². The number of aliphatic hydroxyl groups excluding tert-OH is 2. The maximum absolute atomic E-state index is 12.9. The lowest BCUT2D eigenvalue weighted by molar-refractivity contribution is -0.273. The molecule has 1 aliphatic heterocycles. The Bertz CT molecular complexity index is 1620. The predicted molar refractivity (Wildman–Crippen MR) is 120 cm³/mol. The van der Waals surface area contributed by atoms with Gasteiger partial charge in [-0.15, -0.1) is 0 Å². The van der Waals surface area contributed by atoms with Crippen LogP contribution in [0, 0.1) is 0 Å². The standard InChI is InChI=1S/C23H20O13/c1-6-14(26)16(28)20(33-7(2)24)23(32-6)34-11-5-9-12-13-8(21(29)35-18(12)15(11)27)4-10(25)17(31-3)19(13)36-22(9)30/h4-6,14,16,20,23,25-28H,1-3H3. The van der Waals surface area contributed by atoms with Gasteiger partial charge in [0, 0.05) is 17.7 Å². The van der Waals surface area contributed by atoms with E-state index in [2.05, 4.69) is 0 Å². The van der Waals surface area contributed by atoms with Crippen LogP contribution in [0.3, 0.4) is 0 Å². The molecule has 1 saturated heterocycles. The molecule has 3 heterocycles. The number of aromatic hydroxyl groups is 2. The minimum atomic E-state index is -1.60. The van der Waals surface area contributed by atoms with Crippen molar-refractivity contribution in [3.05, 3.63) is 33.0 Å². The molecule has 5 unspecified atom stereocenters. The van der Waals surface area contributed by atoms with Crippen molar-refractivity contribution in [2.45, 2.75) is 44.6 Å². The summed E-state index contributed by atoms with van der Waals surface area (Å²) in [6.07, 6.45) is -7.01. The number of rotatable bonds is 4. The van der Waals surface area contributed by atoms with Gasteiger partial charge in [-0.1, -0.05) is 0 Å². The number of benzene rings is 2. The molecule has 0 radical (unpaired) electrons. The summed E-state index contributed by atoms with van der Waals surface area (Å²) in [7, 11) is 1.23. The third-order valence-corrected chi connectivity index (χ3v) is 6.05. The molecule has 5 rings (SSSR count). The van der Waals surface area contributed by atoms with E-state index in [9.17, 15) is 34.8 Å². The van der Waals surface area contributed by atoms with Crippen molar-refractivity contribution in [1.82, 2.24) is 0 Å². The maximum atomic E-state index is 12.9. The van der Waals surface area contributed by atoms with Gasteiger partial charge in [0.15, 0.2) is 28.8 Å². The smallest absolute Gasteiger partial charge is 0.344 e. The van der Waals surface area contributed by atoms with Gasteiger partial charge in [-0.2, -0.15) is 0 Å². The zero-order valence-electron chi connectivity index (χ0n) is 19.0. The van der Waals surface area contributed by atoms with Crippen molar-refractivity contribution in [2.24, 2.45) is 0 Å². The summed E-state index contributed by atoms with van der Waals surface area (Å²) < 4.78 is 32.0. The Labute approximate surface area is 199 Å². The van der Waals surface area contributed by atoms with E-state index in [0.29, 0.717) is 0 Å². The molecular weight excluding hydrogens is 484 g/mol. The summed E-state index contributed by atoms with van der Waals surface area (Å²) in [4.78, 5) is 37.2. The second-order valence-electron chi connectivity index (χ2n) is 8.32. The third kappa shape index (κ3) is 3.39. The quantitative estimate of drug-likeness (QED) is 0.172. The maximum Gasteiger partial charge on any atom is 0.344 e. The van der Waals surface area contributed by atoms with Gasteiger partial charge in [0.05, 0.1) is 24.0 Å². The summed E-state index contributed by atoms with van der Waals surface area (Å²) >= 11 is 0. The molecule has 1 aliphatic rings. The third-order valence-electron chi connectivity index (χ3n) is 6.05. The number of hydrogen-bond acceptors (Lipinski definition) is 13. The lowest BCUT2D eigenvalue weighted by Gasteiger charge is -2.40. The molecule has 1 fully saturated rings. The summed E-state index contributed by atoms with van der Waals surface area (Å²) in [6, 6.07) is 2.18. The van der Waals surface area contributed by atoms with E-state index in [4.69, 9.17) is 27.8 Å². The van der Waals surface area contributed by atoms with Crippen molar-refractivity contribution in [1.29, 1.82) is 0 Å². The van der Waals surface area contributed by atoms with Crippen LogP contribution in [0.4, 0.5) is 0 Å². The molecule has 13 heteroatoms. The first kappa shape index (κ1) is 23.7. The number of phenolic OH excluding ortho intramolecular Hbond substituents is 2. The molecule has 5 atom stereocenters. The van der Waals surface area contributed by atoms with Crippen molar-refractivity contribution in [3.63, 3.8) is 0 Å². The molecule has 190 valence electrons. The van der Waals surface area contributed by atoms with E-state index >= 15 is 0 Å². The summed E-state index contributed by atoms with van der Waals surface area (Å²) in [5, 5.41) is 41.4. The van der Waals surface area contributed by atoms with E-state index in [0.717, 1.165) is 19.1 Å². The largest absolute Gasteiger partial charge is 0.504 e. The molecule has 2 aromatic heterocycles. The Kier molecular flexibility index (Phi) is 5.43. The Morgan fingerprint density at radius 2 is 1.58 bits per heavy atom. The zero-order chi connectivity index (χ0) is 26.0. The molecule has 4 aromatic rings. The SMILES string of the molecule is COc1c(O)cc2c(=O)oc3c(O)c(OC4OC(C)C(O)C(O)C4OC(C)=O)cc4c(=O)oc1c2c34. The zero-order valence-corrected chi connectivity index (χ0v) is 19.0. The fourth-order valence-electron chi connectivity index (χ4n) is 4.39. The second-order valence-corrected chi connectivity index (χ2v) is 8.32. The molecule has 2 aromatic carbocycles. The topological polar surface area (TPSA) is 195 Å². The minimum absolute atomic E-state index is 0.00363. The molecule has 0 spiro atoms. The lowest BCUT2D eigenvalue weighted by atomic mass is 9.99. The average Bonchev–Trinajstić information content (AvgIpc) is 2.81. The van der Waals surface area contributed by atoms with E-state index in [-0.39, 0.29) is 32.9 Å². The molecule has 13 nitrogen and oxygen atoms in total. The first-order chi connectivity index (χ1) is 17.0. The van der Waals surface area contributed by atoms with Crippen LogP contribution < -0.4 is 20.7 Å². The summed E-state index contributed by atoms with van der Waals surface area (Å²) in [6.45, 7) is 2.51. The van der Waals surface area contributed by atoms with Crippen LogP contribution >= 0.6 is 0 Å². The highest BCUT2D eigenvalue weighted by molar-refractivity contribution is 6.22. The van der Waals surface area contributed by atoms with E-state index in [1.54, 1.807) is 0 Å². The Balaban J connectivity index is 1.73. The normalized spacial score (nSPS) is 24.4. The van der Waals surface area contributed by atoms with E-state index < -0.39 is 70.8 Å². The number of phenols is 2. The average molecular weight is 504 g/mol. The first-order valence-electron chi connectivity index (χ1n) is 10.7. The fourth-order valence-corrected chi connectivity index (χ4v) is 4.39. The van der Waals surface area contributed by atoms with Gasteiger partial charge in [-0.25, -0.2) is 9.59 Å². The highest BCUT2D eigenvalue weighted by atomic mass is 16.7. The molecule has 36 heavy (non-hydrogen) atoms. The van der Waals surface area contributed by atoms with Crippen molar-refractivity contribution in [2.75, 3.05) is 7.11 Å². The number of hydrogen-bond donors (Lipinski definition) is 4. The van der Waals surface area contributed by atoms with Gasteiger partial charge in [0.2, 0.25) is 17.8 Å². The number of carbonyl (C=O) groups excluding carboxylic acids is 1. The van der Waals surface area contributed by atoms with Gasteiger partial charge in [-0.3, -0.25) is 4.79 Å². The Hall–Kier alpha value is -4.07. The van der Waals surface area contributed by atoms with Crippen LogP contribution in [0.5, 0.6) is 23.0 Å². The molecule has 0 bridgehead atoms. The van der Waals surface area contributed by atoms with Crippen LogP contribution in [0.25, 0.3) is 32.7 Å². The van der Waals surface area contributed by atoms with Gasteiger partial charge in [0.25, 0.3) is 0 Å². The number of aliphatic hydroxyl groups is 2. The van der Waals surface area contributed by atoms with Crippen LogP contribution in [-0.2, 0) is 14.3 Å². The number of carbonyl (C=O) groups is 1. The lowest BCUT2D eigenvalue weighted by Crippen LogP contribution is -2.59. The van der Waals surface area contributed by atoms with E-state index in [1.165, 1.54) is 14.0 Å². The van der Waals surface area contributed by atoms with Crippen molar-refractivity contribution >= 4 is 38.7 Å². The Morgan fingerprint density at radius 3 is 2.22 bits per heavy atom. The summed E-state index contributed by atoms with van der Waals surface area (Å²) in [5.41, 5.74) is -2.57. The van der Waals surface area contributed by atoms with Gasteiger partial charge in [-0.05, 0) is 19.1 Å². The number of methoxy groups -OCH3 is 1. The molecule has 4 N–H and O–H groups in total. The van der Waals surface area contributed by atoms with Gasteiger partial charge >= 0.3 is 17.2 Å². The molecular formula is C23H20O13. The van der Waals surface area contributed by atoms with E-state index in [1.807, 2.05) is 0 Å². The number of esters is 1. The minimum Gasteiger partial charge on any atom is -0.504 e. The number of ether oxygens (including phenoxy) is 4. The van der Waals surface area contributed by atoms with Gasteiger partial charge in [0.1, 0.15) is 12.2 Å². The van der Waals surface area contributed by atoms with Crippen molar-refractivity contribution < 1.29 is 53.0 Å². The fraction of sp³-hybridized carbons (Fsp3) is 0.348. The Morgan fingerprint density at radius 1 is 0.972 bits per heavy atom. The summed E-state index contributed by atoms with van der Waals surface area (Å²) in [5.74, 6) is -2.60. The van der Waals surface area contributed by atoms with Gasteiger partial charge < -0.3 is 48.2 Å². The van der Waals surface area contributed by atoms with Crippen LogP contribution in [0.15, 0.2) is 30.6 Å². The second kappa shape index (κ2) is 8.26. The van der Waals surface area contributed by atoms with Crippen LogP contribution in [0.2, 0.25) is 0 Å². The molecule has 0 amide bonds. The monoisotopic (exact) mass is 504 g/mol. The molecule has 0 saturated carbocycles. The van der Waals surface area contributed by atoms with Crippen LogP contribution in [0.1, 0.15) is 13.8 Å². The van der Waals surface area contributed by atoms with Crippen molar-refractivity contribution in [3.8, 4) is 23.0 Å². The highest BCUT2D eigenvalue weighted by Gasteiger charge is 2.46. The highest BCUT2D eigenvalue weighted by Crippen LogP contribution is 2.45. The first-order valence-corrected chi connectivity index (χ1v) is 10.7. The molecule has 0 aliphatic carbocycles.